The van der Waals surface area contributed by atoms with Gasteiger partial charge in [-0.05, 0) is 18.1 Å². The molecule has 0 aliphatic carbocycles. The van der Waals surface area contributed by atoms with Gasteiger partial charge in [-0.2, -0.15) is 0 Å². The molecule has 20 heavy (non-hydrogen) atoms. The second-order valence-corrected chi connectivity index (χ2v) is 4.17. The van der Waals surface area contributed by atoms with Crippen LogP contribution in [0.2, 0.25) is 0 Å². The van der Waals surface area contributed by atoms with Crippen LogP contribution in [0.1, 0.15) is 22.3 Å². The third-order valence-corrected chi connectivity index (χ3v) is 2.93. The maximum absolute atomic E-state index is 11.7. The molecule has 1 aromatic rings. The van der Waals surface area contributed by atoms with Crippen LogP contribution in [-0.4, -0.2) is 37.6 Å². The lowest BCUT2D eigenvalue weighted by molar-refractivity contribution is -0.151. The van der Waals surface area contributed by atoms with Crippen molar-refractivity contribution < 1.29 is 29.0 Å². The zero-order valence-corrected chi connectivity index (χ0v) is 11.3. The van der Waals surface area contributed by atoms with Gasteiger partial charge in [0.1, 0.15) is 5.75 Å². The topological polar surface area (TPSA) is 89.9 Å². The van der Waals surface area contributed by atoms with E-state index in [9.17, 15) is 19.5 Å². The summed E-state index contributed by atoms with van der Waals surface area (Å²) in [7, 11) is 2.44. The first-order valence-electron chi connectivity index (χ1n) is 5.94. The molecule has 0 aliphatic heterocycles. The van der Waals surface area contributed by atoms with Gasteiger partial charge in [-0.15, -0.1) is 0 Å². The van der Waals surface area contributed by atoms with E-state index in [4.69, 9.17) is 0 Å². The largest absolute Gasteiger partial charge is 0.507 e. The van der Waals surface area contributed by atoms with Crippen LogP contribution in [0.15, 0.2) is 18.2 Å². The molecule has 6 nitrogen and oxygen atoms in total. The normalized spacial score (nSPS) is 11.5. The van der Waals surface area contributed by atoms with E-state index in [1.807, 2.05) is 0 Å². The fraction of sp³-hybridized carbons (Fsp3) is 0.357. The van der Waals surface area contributed by atoms with Crippen molar-refractivity contribution in [1.82, 2.24) is 0 Å². The molecule has 0 amide bonds. The number of carbonyl (C=O) groups is 3. The Morgan fingerprint density at radius 2 is 2.00 bits per heavy atom. The van der Waals surface area contributed by atoms with E-state index >= 15 is 0 Å². The van der Waals surface area contributed by atoms with Crippen LogP contribution in [0.25, 0.3) is 0 Å². The molecule has 0 fully saturated rings. The number of ether oxygens (including phenoxy) is 2. The van der Waals surface area contributed by atoms with E-state index < -0.39 is 17.9 Å². The van der Waals surface area contributed by atoms with Gasteiger partial charge in [-0.3, -0.25) is 14.4 Å². The van der Waals surface area contributed by atoms with Gasteiger partial charge in [0, 0.05) is 0 Å². The molecule has 0 saturated carbocycles. The van der Waals surface area contributed by atoms with Crippen molar-refractivity contribution in [2.75, 3.05) is 14.2 Å². The number of benzene rings is 1. The highest BCUT2D eigenvalue weighted by Gasteiger charge is 2.25. The van der Waals surface area contributed by atoms with Crippen LogP contribution in [0.4, 0.5) is 0 Å². The van der Waals surface area contributed by atoms with Gasteiger partial charge >= 0.3 is 11.9 Å². The minimum atomic E-state index is -0.770. The van der Waals surface area contributed by atoms with Crippen LogP contribution in [0, 0.1) is 5.92 Å². The van der Waals surface area contributed by atoms with Crippen molar-refractivity contribution in [3.8, 4) is 5.75 Å². The van der Waals surface area contributed by atoms with E-state index in [1.54, 1.807) is 12.1 Å². The molecule has 0 unspecified atom stereocenters. The van der Waals surface area contributed by atoms with Gasteiger partial charge in [-0.25, -0.2) is 0 Å². The molecule has 1 aromatic carbocycles. The molecule has 0 aliphatic rings. The molecule has 0 saturated heterocycles. The Morgan fingerprint density at radius 1 is 1.30 bits per heavy atom. The van der Waals surface area contributed by atoms with Crippen molar-refractivity contribution in [3.05, 3.63) is 29.3 Å². The summed E-state index contributed by atoms with van der Waals surface area (Å²) in [5.74, 6) is -2.06. The van der Waals surface area contributed by atoms with E-state index in [-0.39, 0.29) is 24.2 Å². The Morgan fingerprint density at radius 3 is 2.55 bits per heavy atom. The zero-order valence-electron chi connectivity index (χ0n) is 11.3. The van der Waals surface area contributed by atoms with Gasteiger partial charge < -0.3 is 14.6 Å². The second-order valence-electron chi connectivity index (χ2n) is 4.17. The molecule has 108 valence electrons. The van der Waals surface area contributed by atoms with E-state index in [1.165, 1.54) is 20.3 Å². The lowest BCUT2D eigenvalue weighted by Crippen LogP contribution is -2.23. The zero-order chi connectivity index (χ0) is 15.1. The number of carbonyl (C=O) groups excluding carboxylic acids is 3. The molecule has 0 radical (unpaired) electrons. The first-order valence-corrected chi connectivity index (χ1v) is 5.94. The van der Waals surface area contributed by atoms with Crippen molar-refractivity contribution >= 4 is 18.2 Å². The number of hydrogen-bond donors (Lipinski definition) is 1. The summed E-state index contributed by atoms with van der Waals surface area (Å²) in [4.78, 5) is 34.0. The first kappa shape index (κ1) is 15.7. The van der Waals surface area contributed by atoms with E-state index in [0.717, 1.165) is 0 Å². The Hall–Kier alpha value is -2.37. The van der Waals surface area contributed by atoms with Gasteiger partial charge in [0.15, 0.2) is 6.29 Å². The maximum Gasteiger partial charge on any atom is 0.309 e. The van der Waals surface area contributed by atoms with Gasteiger partial charge in [0.2, 0.25) is 0 Å². The second kappa shape index (κ2) is 7.28. The Bertz CT molecular complexity index is 508. The average Bonchev–Trinajstić information content (AvgIpc) is 2.45. The molecule has 0 heterocycles. The van der Waals surface area contributed by atoms with E-state index in [2.05, 4.69) is 9.47 Å². The molecule has 0 aromatic heterocycles. The number of aldehydes is 1. The SMILES string of the molecule is COC(=O)C[C@H](Cc1cccc(O)c1C=O)C(=O)OC. The number of hydrogen-bond acceptors (Lipinski definition) is 6. The summed E-state index contributed by atoms with van der Waals surface area (Å²) < 4.78 is 9.16. The van der Waals surface area contributed by atoms with Crippen LogP contribution >= 0.6 is 0 Å². The maximum atomic E-state index is 11.7. The number of esters is 2. The molecule has 0 bridgehead atoms. The average molecular weight is 280 g/mol. The lowest BCUT2D eigenvalue weighted by atomic mass is 9.93. The molecular formula is C14H16O6. The van der Waals surface area contributed by atoms with E-state index in [0.29, 0.717) is 11.8 Å². The molecule has 1 atom stereocenters. The van der Waals surface area contributed by atoms with Crippen LogP contribution in [0.5, 0.6) is 5.75 Å². The fourth-order valence-electron chi connectivity index (χ4n) is 1.87. The van der Waals surface area contributed by atoms with Crippen molar-refractivity contribution in [3.63, 3.8) is 0 Å². The van der Waals surface area contributed by atoms with Crippen LogP contribution in [-0.2, 0) is 25.5 Å². The Labute approximate surface area is 116 Å². The number of rotatable bonds is 6. The van der Waals surface area contributed by atoms with Crippen molar-refractivity contribution in [1.29, 1.82) is 0 Å². The van der Waals surface area contributed by atoms with Gasteiger partial charge in [-0.1, -0.05) is 12.1 Å². The summed E-state index contributed by atoms with van der Waals surface area (Å²) in [6.45, 7) is 0. The summed E-state index contributed by atoms with van der Waals surface area (Å²) >= 11 is 0. The lowest BCUT2D eigenvalue weighted by Gasteiger charge is -2.15. The number of methoxy groups -OCH3 is 2. The van der Waals surface area contributed by atoms with Crippen LogP contribution in [0.3, 0.4) is 0 Å². The summed E-state index contributed by atoms with van der Waals surface area (Å²) in [5.41, 5.74) is 0.575. The number of aromatic hydroxyl groups is 1. The smallest absolute Gasteiger partial charge is 0.309 e. The van der Waals surface area contributed by atoms with Crippen LogP contribution < -0.4 is 0 Å². The number of phenols is 1. The monoisotopic (exact) mass is 280 g/mol. The molecular weight excluding hydrogens is 264 g/mol. The Balaban J connectivity index is 3.00. The standard InChI is InChI=1S/C14H16O6/c1-19-13(17)7-10(14(18)20-2)6-9-4-3-5-12(16)11(9)8-15/h3-5,8,10,16H,6-7H2,1-2H3/t10-/m0/s1. The molecule has 1 N–H and O–H groups in total. The third-order valence-electron chi connectivity index (χ3n) is 2.93. The van der Waals surface area contributed by atoms with Crippen molar-refractivity contribution in [2.24, 2.45) is 5.92 Å². The molecule has 6 heteroatoms. The highest BCUT2D eigenvalue weighted by Crippen LogP contribution is 2.23. The summed E-state index contributed by atoms with van der Waals surface area (Å²) in [6, 6.07) is 4.54. The number of phenolic OH excluding ortho intramolecular Hbond substituents is 1. The third kappa shape index (κ3) is 3.81. The first-order chi connectivity index (χ1) is 9.53. The molecule has 0 spiro atoms. The quantitative estimate of drug-likeness (QED) is 0.620. The summed E-state index contributed by atoms with van der Waals surface area (Å²) in [5, 5.41) is 9.59. The highest BCUT2D eigenvalue weighted by atomic mass is 16.5. The van der Waals surface area contributed by atoms with Crippen molar-refractivity contribution in [2.45, 2.75) is 12.8 Å². The predicted molar refractivity (Wildman–Crippen MR) is 69.3 cm³/mol. The van der Waals surface area contributed by atoms with Gasteiger partial charge in [0.25, 0.3) is 0 Å². The minimum Gasteiger partial charge on any atom is -0.507 e. The minimum absolute atomic E-state index is 0.101. The highest BCUT2D eigenvalue weighted by molar-refractivity contribution is 5.83. The molecule has 1 rings (SSSR count). The fourth-order valence-corrected chi connectivity index (χ4v) is 1.87. The summed E-state index contributed by atoms with van der Waals surface area (Å²) in [6.07, 6.45) is 0.457. The van der Waals surface area contributed by atoms with Gasteiger partial charge in [0.05, 0.1) is 32.1 Å². The Kier molecular flexibility index (Phi) is 5.71. The predicted octanol–water partition coefficient (Wildman–Crippen LogP) is 1.10.